The highest BCUT2D eigenvalue weighted by molar-refractivity contribution is 5.80. The molecule has 0 bridgehead atoms. The minimum absolute atomic E-state index is 0.202. The van der Waals surface area contributed by atoms with E-state index < -0.39 is 0 Å². The van der Waals surface area contributed by atoms with Crippen LogP contribution in [0.25, 0.3) is 0 Å². The maximum absolute atomic E-state index is 14.1. The molecule has 0 radical (unpaired) electrons. The van der Waals surface area contributed by atoms with Crippen molar-refractivity contribution in [1.82, 2.24) is 20.5 Å². The van der Waals surface area contributed by atoms with E-state index in [0.29, 0.717) is 12.4 Å². The van der Waals surface area contributed by atoms with Gasteiger partial charge in [0.1, 0.15) is 0 Å². The molecule has 1 aromatic heterocycles. The summed E-state index contributed by atoms with van der Waals surface area (Å²) in [6.07, 6.45) is 5.19. The van der Waals surface area contributed by atoms with Gasteiger partial charge in [0.2, 0.25) is 0 Å². The smallest absolute Gasteiger partial charge is 0.191 e. The lowest BCUT2D eigenvalue weighted by atomic mass is 9.99. The second kappa shape index (κ2) is 10.8. The van der Waals surface area contributed by atoms with Crippen molar-refractivity contribution in [1.29, 1.82) is 0 Å². The van der Waals surface area contributed by atoms with Gasteiger partial charge in [-0.2, -0.15) is 0 Å². The second-order valence-corrected chi connectivity index (χ2v) is 9.06. The number of rotatable bonds is 6. The van der Waals surface area contributed by atoms with Gasteiger partial charge < -0.3 is 15.5 Å². The van der Waals surface area contributed by atoms with Gasteiger partial charge in [0.15, 0.2) is 17.6 Å². The van der Waals surface area contributed by atoms with E-state index in [0.717, 1.165) is 37.9 Å². The molecule has 2 aliphatic rings. The molecule has 172 valence electrons. The Morgan fingerprint density at radius 2 is 1.97 bits per heavy atom. The van der Waals surface area contributed by atoms with Gasteiger partial charge in [0, 0.05) is 52.0 Å². The Balaban J connectivity index is 1.31. The van der Waals surface area contributed by atoms with Crippen LogP contribution in [0.4, 0.5) is 10.2 Å². The van der Waals surface area contributed by atoms with Crippen LogP contribution in [0.1, 0.15) is 37.3 Å². The summed E-state index contributed by atoms with van der Waals surface area (Å²) in [6, 6.07) is 12.0. The van der Waals surface area contributed by atoms with Crippen molar-refractivity contribution in [2.24, 2.45) is 10.9 Å². The molecule has 3 heterocycles. The minimum atomic E-state index is -0.268. The van der Waals surface area contributed by atoms with Gasteiger partial charge in [-0.05, 0) is 55.0 Å². The third-order valence-corrected chi connectivity index (χ3v) is 6.49. The molecule has 2 unspecified atom stereocenters. The summed E-state index contributed by atoms with van der Waals surface area (Å²) >= 11 is 0. The second-order valence-electron chi connectivity index (χ2n) is 9.06. The highest BCUT2D eigenvalue weighted by atomic mass is 19.1. The summed E-state index contributed by atoms with van der Waals surface area (Å²) < 4.78 is 14.1. The SMILES string of the molecule is CN=C(NCc1ccccc1CN1CCCC(C)C1)NC1CCN(c2ncccc2F)C1. The molecule has 0 aliphatic carbocycles. The molecule has 2 aromatic rings. The number of anilines is 1. The Morgan fingerprint density at radius 3 is 2.75 bits per heavy atom. The van der Waals surface area contributed by atoms with Gasteiger partial charge in [0.05, 0.1) is 0 Å². The molecular weight excluding hydrogens is 403 g/mol. The third kappa shape index (κ3) is 5.76. The molecule has 0 spiro atoms. The topological polar surface area (TPSA) is 55.8 Å². The zero-order chi connectivity index (χ0) is 22.3. The molecule has 0 amide bonds. The summed E-state index contributed by atoms with van der Waals surface area (Å²) in [5.41, 5.74) is 2.68. The van der Waals surface area contributed by atoms with E-state index in [1.165, 1.54) is 43.1 Å². The summed E-state index contributed by atoms with van der Waals surface area (Å²) in [6.45, 7) is 7.93. The van der Waals surface area contributed by atoms with Crippen molar-refractivity contribution in [3.63, 3.8) is 0 Å². The maximum Gasteiger partial charge on any atom is 0.191 e. The summed E-state index contributed by atoms with van der Waals surface area (Å²) in [4.78, 5) is 13.2. The van der Waals surface area contributed by atoms with Crippen molar-refractivity contribution in [3.8, 4) is 0 Å². The zero-order valence-electron chi connectivity index (χ0n) is 19.2. The van der Waals surface area contributed by atoms with Gasteiger partial charge in [-0.1, -0.05) is 31.2 Å². The largest absolute Gasteiger partial charge is 0.352 e. The first-order chi connectivity index (χ1) is 15.6. The fourth-order valence-corrected chi connectivity index (χ4v) is 4.80. The molecule has 2 saturated heterocycles. The lowest BCUT2D eigenvalue weighted by Gasteiger charge is -2.31. The van der Waals surface area contributed by atoms with Crippen LogP contribution in [0.3, 0.4) is 0 Å². The number of benzene rings is 1. The zero-order valence-corrected chi connectivity index (χ0v) is 19.2. The van der Waals surface area contributed by atoms with E-state index in [2.05, 4.69) is 56.7 Å². The number of guanidine groups is 1. The molecule has 0 saturated carbocycles. The molecule has 2 atom stereocenters. The average Bonchev–Trinajstić information content (AvgIpc) is 3.26. The number of nitrogens with zero attached hydrogens (tertiary/aromatic N) is 4. The number of aromatic nitrogens is 1. The summed E-state index contributed by atoms with van der Waals surface area (Å²) in [7, 11) is 1.79. The van der Waals surface area contributed by atoms with Gasteiger partial charge >= 0.3 is 0 Å². The number of hydrogen-bond acceptors (Lipinski definition) is 4. The normalized spacial score (nSPS) is 22.2. The molecule has 4 rings (SSSR count). The van der Waals surface area contributed by atoms with Crippen molar-refractivity contribution in [3.05, 3.63) is 59.5 Å². The van der Waals surface area contributed by atoms with E-state index >= 15 is 0 Å². The van der Waals surface area contributed by atoms with E-state index in [9.17, 15) is 4.39 Å². The van der Waals surface area contributed by atoms with Crippen LogP contribution in [0.5, 0.6) is 0 Å². The maximum atomic E-state index is 14.1. The van der Waals surface area contributed by atoms with Gasteiger partial charge in [0.25, 0.3) is 0 Å². The standard InChI is InChI=1S/C25H35FN6/c1-19-7-6-13-31(16-19)17-21-9-4-3-8-20(21)15-29-25(27-2)30-22-11-14-32(18-22)24-23(26)10-5-12-28-24/h3-5,8-10,12,19,22H,6-7,11,13-18H2,1-2H3,(H2,27,29,30). The molecular formula is C25H35FN6. The highest BCUT2D eigenvalue weighted by Gasteiger charge is 2.26. The minimum Gasteiger partial charge on any atom is -0.352 e. The molecule has 32 heavy (non-hydrogen) atoms. The molecule has 6 nitrogen and oxygen atoms in total. The van der Waals surface area contributed by atoms with Crippen molar-refractivity contribution < 1.29 is 4.39 Å². The van der Waals surface area contributed by atoms with Crippen molar-refractivity contribution in [2.45, 2.75) is 45.3 Å². The Morgan fingerprint density at radius 1 is 1.12 bits per heavy atom. The highest BCUT2D eigenvalue weighted by Crippen LogP contribution is 2.21. The summed E-state index contributed by atoms with van der Waals surface area (Å²) in [5.74, 6) is 1.72. The Hall–Kier alpha value is -2.67. The van der Waals surface area contributed by atoms with Crippen LogP contribution in [-0.2, 0) is 13.1 Å². The van der Waals surface area contributed by atoms with E-state index in [-0.39, 0.29) is 11.9 Å². The van der Waals surface area contributed by atoms with Crippen LogP contribution in [-0.4, -0.2) is 55.1 Å². The molecule has 1 aromatic carbocycles. The molecule has 7 heteroatoms. The Bertz CT molecular complexity index is 917. The fourth-order valence-electron chi connectivity index (χ4n) is 4.80. The number of nitrogens with one attached hydrogen (secondary N) is 2. The Labute approximate surface area is 190 Å². The van der Waals surface area contributed by atoms with Crippen LogP contribution < -0.4 is 15.5 Å². The summed E-state index contributed by atoms with van der Waals surface area (Å²) in [5, 5.41) is 6.98. The Kier molecular flexibility index (Phi) is 7.58. The molecule has 2 fully saturated rings. The predicted octanol–water partition coefficient (Wildman–Crippen LogP) is 3.40. The number of hydrogen-bond donors (Lipinski definition) is 2. The molecule has 2 N–H and O–H groups in total. The van der Waals surface area contributed by atoms with Gasteiger partial charge in [-0.3, -0.25) is 9.89 Å². The number of aliphatic imine (C=N–C) groups is 1. The van der Waals surface area contributed by atoms with Gasteiger partial charge in [-0.15, -0.1) is 0 Å². The number of pyridine rings is 1. The van der Waals surface area contributed by atoms with Crippen molar-refractivity contribution >= 4 is 11.8 Å². The molecule has 2 aliphatic heterocycles. The van der Waals surface area contributed by atoms with E-state index in [1.54, 1.807) is 19.3 Å². The van der Waals surface area contributed by atoms with Crippen molar-refractivity contribution in [2.75, 3.05) is 38.1 Å². The first-order valence-corrected chi connectivity index (χ1v) is 11.7. The number of piperidine rings is 1. The van der Waals surface area contributed by atoms with Crippen LogP contribution in [0.2, 0.25) is 0 Å². The van der Waals surface area contributed by atoms with E-state index in [4.69, 9.17) is 0 Å². The lowest BCUT2D eigenvalue weighted by molar-refractivity contribution is 0.176. The number of likely N-dealkylation sites (tertiary alicyclic amines) is 1. The lowest BCUT2D eigenvalue weighted by Crippen LogP contribution is -2.44. The first kappa shape index (κ1) is 22.5. The first-order valence-electron chi connectivity index (χ1n) is 11.7. The van der Waals surface area contributed by atoms with Gasteiger partial charge in [-0.25, -0.2) is 9.37 Å². The van der Waals surface area contributed by atoms with E-state index in [1.807, 2.05) is 4.90 Å². The fraction of sp³-hybridized carbons (Fsp3) is 0.520. The monoisotopic (exact) mass is 438 g/mol. The van der Waals surface area contributed by atoms with Crippen LogP contribution >= 0.6 is 0 Å². The van der Waals surface area contributed by atoms with Crippen LogP contribution in [0.15, 0.2) is 47.6 Å². The van der Waals surface area contributed by atoms with Crippen LogP contribution in [0, 0.1) is 11.7 Å². The quantitative estimate of drug-likeness (QED) is 0.535. The predicted molar refractivity (Wildman–Crippen MR) is 128 cm³/mol. The average molecular weight is 439 g/mol. The number of halogens is 1. The third-order valence-electron chi connectivity index (χ3n) is 6.49.